The Kier molecular flexibility index (Phi) is 6.48. The first-order valence-corrected chi connectivity index (χ1v) is 8.52. The van der Waals surface area contributed by atoms with E-state index in [4.69, 9.17) is 9.15 Å². The maximum absolute atomic E-state index is 11.9. The molecule has 0 N–H and O–H groups in total. The lowest BCUT2D eigenvalue weighted by molar-refractivity contribution is 0.211. The Hall–Kier alpha value is -1.11. The maximum Gasteiger partial charge on any atom is 0.397 e. The molecule has 4 nitrogen and oxygen atoms in total. The summed E-state index contributed by atoms with van der Waals surface area (Å²) in [5, 5.41) is 0.494. The molecule has 0 aliphatic rings. The molecule has 0 aliphatic carbocycles. The Labute approximate surface area is 138 Å². The van der Waals surface area contributed by atoms with Crippen LogP contribution in [0.2, 0.25) is 0 Å². The first kappa shape index (κ1) is 16.3. The first-order chi connectivity index (χ1) is 10.2. The van der Waals surface area contributed by atoms with E-state index in [-0.39, 0.29) is 6.08 Å². The summed E-state index contributed by atoms with van der Waals surface area (Å²) in [6, 6.07) is 5.49. The molecule has 0 spiro atoms. The van der Waals surface area contributed by atoms with E-state index in [0.717, 1.165) is 16.4 Å². The van der Waals surface area contributed by atoms with Gasteiger partial charge in [0.05, 0.1) is 17.5 Å². The molecule has 0 unspecified atom stereocenters. The summed E-state index contributed by atoms with van der Waals surface area (Å²) in [5.41, 5.74) is 0.223. The molecule has 1 heterocycles. The van der Waals surface area contributed by atoms with Crippen molar-refractivity contribution < 1.29 is 9.15 Å². The lowest BCUT2D eigenvalue weighted by Crippen LogP contribution is -2.06. The molecule has 0 aliphatic heterocycles. The van der Waals surface area contributed by atoms with Crippen molar-refractivity contribution in [3.8, 4) is 6.08 Å². The van der Waals surface area contributed by atoms with Gasteiger partial charge in [0.25, 0.3) is 0 Å². The highest BCUT2D eigenvalue weighted by atomic mass is 127. The SMILES string of the molecule is CCCCCCCCOc1nc2ccc(I)cc2c(=O)o1. The van der Waals surface area contributed by atoms with E-state index in [2.05, 4.69) is 34.5 Å². The summed E-state index contributed by atoms with van der Waals surface area (Å²) in [6.45, 7) is 2.75. The molecule has 0 bridgehead atoms. The van der Waals surface area contributed by atoms with Gasteiger partial charge >= 0.3 is 11.7 Å². The molecule has 0 amide bonds. The van der Waals surface area contributed by atoms with Gasteiger partial charge in [0.2, 0.25) is 0 Å². The smallest absolute Gasteiger partial charge is 0.397 e. The lowest BCUT2D eigenvalue weighted by atomic mass is 10.1. The third kappa shape index (κ3) is 4.98. The number of hydrogen-bond donors (Lipinski definition) is 0. The van der Waals surface area contributed by atoms with Crippen LogP contribution in [0.3, 0.4) is 0 Å². The molecular formula is C16H20INO3. The maximum atomic E-state index is 11.9. The fourth-order valence-corrected chi connectivity index (χ4v) is 2.62. The topological polar surface area (TPSA) is 52.3 Å². The number of unbranched alkanes of at least 4 members (excludes halogenated alkanes) is 5. The van der Waals surface area contributed by atoms with E-state index >= 15 is 0 Å². The zero-order valence-electron chi connectivity index (χ0n) is 12.2. The number of aromatic nitrogens is 1. The molecule has 114 valence electrons. The van der Waals surface area contributed by atoms with Gasteiger partial charge in [-0.15, -0.1) is 0 Å². The fourth-order valence-electron chi connectivity index (χ4n) is 2.13. The number of hydrogen-bond acceptors (Lipinski definition) is 4. The van der Waals surface area contributed by atoms with Crippen LogP contribution in [0.5, 0.6) is 6.08 Å². The third-order valence-electron chi connectivity index (χ3n) is 3.29. The molecule has 2 aromatic rings. The average molecular weight is 401 g/mol. The van der Waals surface area contributed by atoms with Crippen molar-refractivity contribution in [1.29, 1.82) is 0 Å². The zero-order valence-corrected chi connectivity index (χ0v) is 14.4. The molecule has 0 atom stereocenters. The molecule has 0 fully saturated rings. The second-order valence-electron chi connectivity index (χ2n) is 5.04. The van der Waals surface area contributed by atoms with Crippen molar-refractivity contribution in [2.45, 2.75) is 45.4 Å². The summed E-state index contributed by atoms with van der Waals surface area (Å²) >= 11 is 2.15. The van der Waals surface area contributed by atoms with E-state index < -0.39 is 5.63 Å². The Bertz CT molecular complexity index is 639. The van der Waals surface area contributed by atoms with Gasteiger partial charge in [-0.05, 0) is 47.2 Å². The third-order valence-corrected chi connectivity index (χ3v) is 3.96. The number of fused-ring (bicyclic) bond motifs is 1. The predicted molar refractivity (Wildman–Crippen MR) is 91.9 cm³/mol. The summed E-state index contributed by atoms with van der Waals surface area (Å²) in [7, 11) is 0. The van der Waals surface area contributed by atoms with Crippen LogP contribution in [-0.4, -0.2) is 11.6 Å². The number of benzene rings is 1. The Morgan fingerprint density at radius 3 is 2.76 bits per heavy atom. The van der Waals surface area contributed by atoms with Crippen LogP contribution < -0.4 is 10.4 Å². The highest BCUT2D eigenvalue weighted by molar-refractivity contribution is 14.1. The molecule has 5 heteroatoms. The first-order valence-electron chi connectivity index (χ1n) is 7.44. The van der Waals surface area contributed by atoms with Crippen LogP contribution in [0.4, 0.5) is 0 Å². The Morgan fingerprint density at radius 1 is 1.19 bits per heavy atom. The van der Waals surface area contributed by atoms with E-state index in [1.807, 2.05) is 12.1 Å². The molecule has 21 heavy (non-hydrogen) atoms. The molecular weight excluding hydrogens is 381 g/mol. The predicted octanol–water partition coefficient (Wildman–Crippen LogP) is 4.53. The second kappa shape index (κ2) is 8.36. The van der Waals surface area contributed by atoms with Gasteiger partial charge in [0.15, 0.2) is 0 Å². The van der Waals surface area contributed by atoms with Crippen molar-refractivity contribution in [1.82, 2.24) is 4.98 Å². The van der Waals surface area contributed by atoms with Crippen molar-refractivity contribution in [2.75, 3.05) is 6.61 Å². The minimum absolute atomic E-state index is 0.0715. The summed E-state index contributed by atoms with van der Waals surface area (Å²) in [5.74, 6) is 0. The van der Waals surface area contributed by atoms with Crippen molar-refractivity contribution in [3.05, 3.63) is 32.2 Å². The summed E-state index contributed by atoms with van der Waals surface area (Å²) < 4.78 is 11.5. The summed E-state index contributed by atoms with van der Waals surface area (Å²) in [6.07, 6.45) is 7.21. The molecule has 0 radical (unpaired) electrons. The number of halogens is 1. The van der Waals surface area contributed by atoms with Crippen molar-refractivity contribution in [3.63, 3.8) is 0 Å². The van der Waals surface area contributed by atoms with Gasteiger partial charge in [-0.25, -0.2) is 4.79 Å². The Balaban J connectivity index is 1.88. The number of nitrogens with zero attached hydrogens (tertiary/aromatic N) is 1. The average Bonchev–Trinajstić information content (AvgIpc) is 2.47. The van der Waals surface area contributed by atoms with Crippen molar-refractivity contribution in [2.24, 2.45) is 0 Å². The molecule has 1 aromatic heterocycles. The highest BCUT2D eigenvalue weighted by Crippen LogP contribution is 2.16. The highest BCUT2D eigenvalue weighted by Gasteiger charge is 2.07. The van der Waals surface area contributed by atoms with Gasteiger partial charge < -0.3 is 9.15 Å². The van der Waals surface area contributed by atoms with E-state index in [1.54, 1.807) is 6.07 Å². The Morgan fingerprint density at radius 2 is 1.95 bits per heavy atom. The van der Waals surface area contributed by atoms with Crippen LogP contribution in [0.25, 0.3) is 10.9 Å². The standard InChI is InChI=1S/C16H20INO3/c1-2-3-4-5-6-7-10-20-16-18-14-9-8-12(17)11-13(14)15(19)21-16/h8-9,11H,2-7,10H2,1H3. The lowest BCUT2D eigenvalue weighted by Gasteiger charge is -2.04. The van der Waals surface area contributed by atoms with Crippen LogP contribution in [-0.2, 0) is 0 Å². The minimum atomic E-state index is -0.392. The van der Waals surface area contributed by atoms with Crippen LogP contribution >= 0.6 is 22.6 Å². The quantitative estimate of drug-likeness (QED) is 0.482. The van der Waals surface area contributed by atoms with E-state index in [9.17, 15) is 4.79 Å². The minimum Gasteiger partial charge on any atom is -0.450 e. The molecule has 1 aromatic carbocycles. The van der Waals surface area contributed by atoms with Crippen LogP contribution in [0, 0.1) is 3.57 Å². The van der Waals surface area contributed by atoms with Crippen LogP contribution in [0.1, 0.15) is 45.4 Å². The summed E-state index contributed by atoms with van der Waals surface area (Å²) in [4.78, 5) is 16.1. The molecule has 2 rings (SSSR count). The van der Waals surface area contributed by atoms with E-state index in [0.29, 0.717) is 17.5 Å². The number of ether oxygens (including phenoxy) is 1. The van der Waals surface area contributed by atoms with Gasteiger partial charge in [-0.3, -0.25) is 0 Å². The van der Waals surface area contributed by atoms with Gasteiger partial charge in [-0.1, -0.05) is 39.0 Å². The fraction of sp³-hybridized carbons (Fsp3) is 0.500. The van der Waals surface area contributed by atoms with Crippen molar-refractivity contribution >= 4 is 33.5 Å². The van der Waals surface area contributed by atoms with Gasteiger partial charge in [0.1, 0.15) is 0 Å². The van der Waals surface area contributed by atoms with Gasteiger partial charge in [0, 0.05) is 3.57 Å². The van der Waals surface area contributed by atoms with Gasteiger partial charge in [-0.2, -0.15) is 4.98 Å². The number of rotatable bonds is 8. The molecule has 0 saturated carbocycles. The zero-order chi connectivity index (χ0) is 15.1. The second-order valence-corrected chi connectivity index (χ2v) is 6.29. The molecule has 0 saturated heterocycles. The normalized spacial score (nSPS) is 11.0. The van der Waals surface area contributed by atoms with E-state index in [1.165, 1.54) is 25.7 Å². The van der Waals surface area contributed by atoms with Crippen LogP contribution in [0.15, 0.2) is 27.4 Å². The monoisotopic (exact) mass is 401 g/mol. The largest absolute Gasteiger partial charge is 0.450 e.